The Labute approximate surface area is 136 Å². The third kappa shape index (κ3) is 2.43. The molecule has 3 N–H and O–H groups in total. The molecule has 120 valence electrons. The summed E-state index contributed by atoms with van der Waals surface area (Å²) >= 11 is 1.43. The van der Waals surface area contributed by atoms with E-state index in [9.17, 15) is 9.90 Å². The van der Waals surface area contributed by atoms with Crippen molar-refractivity contribution < 1.29 is 9.90 Å². The lowest BCUT2D eigenvalue weighted by Gasteiger charge is -2.23. The molecular formula is C15H17N5O2S. The quantitative estimate of drug-likeness (QED) is 0.554. The van der Waals surface area contributed by atoms with Crippen molar-refractivity contribution in [1.29, 1.82) is 0 Å². The second kappa shape index (κ2) is 5.47. The van der Waals surface area contributed by atoms with Crippen LogP contribution in [0.25, 0.3) is 21.8 Å². The number of hydrogen-bond donors (Lipinski definition) is 2. The first-order valence-corrected chi connectivity index (χ1v) is 8.25. The number of nitrogens with zero attached hydrogens (tertiary/aromatic N) is 4. The Balaban J connectivity index is 2.50. The van der Waals surface area contributed by atoms with Crippen molar-refractivity contribution in [1.82, 2.24) is 19.7 Å². The van der Waals surface area contributed by atoms with Gasteiger partial charge in [-0.1, -0.05) is 17.8 Å². The van der Waals surface area contributed by atoms with Gasteiger partial charge in [0.15, 0.2) is 10.9 Å². The molecule has 8 heteroatoms. The summed E-state index contributed by atoms with van der Waals surface area (Å²) in [5, 5.41) is 16.1. The molecule has 7 nitrogen and oxygen atoms in total. The summed E-state index contributed by atoms with van der Waals surface area (Å²) in [7, 11) is 0. The maximum Gasteiger partial charge on any atom is 0.269 e. The summed E-state index contributed by atoms with van der Waals surface area (Å²) < 4.78 is 1.63. The first kappa shape index (κ1) is 15.7. The van der Waals surface area contributed by atoms with Gasteiger partial charge in [-0.3, -0.25) is 9.48 Å². The molecular weight excluding hydrogens is 314 g/mol. The number of aliphatic hydroxyl groups excluding tert-OH is 1. The number of amides is 1. The van der Waals surface area contributed by atoms with E-state index in [1.165, 1.54) is 11.8 Å². The molecule has 0 radical (unpaired) electrons. The number of rotatable bonds is 4. The van der Waals surface area contributed by atoms with Crippen LogP contribution in [0.1, 0.15) is 24.3 Å². The Morgan fingerprint density at radius 3 is 2.78 bits per heavy atom. The van der Waals surface area contributed by atoms with Crippen LogP contribution in [0.4, 0.5) is 0 Å². The molecule has 0 aliphatic rings. The van der Waals surface area contributed by atoms with Gasteiger partial charge in [-0.2, -0.15) is 5.10 Å². The Hall–Kier alpha value is -2.19. The number of aromatic nitrogens is 4. The van der Waals surface area contributed by atoms with Gasteiger partial charge in [0.05, 0.1) is 17.7 Å². The van der Waals surface area contributed by atoms with Crippen LogP contribution in [0, 0.1) is 0 Å². The average Bonchev–Trinajstić information content (AvgIpc) is 2.95. The summed E-state index contributed by atoms with van der Waals surface area (Å²) in [5.41, 5.74) is 6.29. The highest BCUT2D eigenvalue weighted by Crippen LogP contribution is 2.31. The van der Waals surface area contributed by atoms with E-state index in [0.717, 1.165) is 5.39 Å². The molecule has 0 saturated carbocycles. The first-order valence-electron chi connectivity index (χ1n) is 7.02. The number of thioether (sulfide) groups is 1. The summed E-state index contributed by atoms with van der Waals surface area (Å²) in [4.78, 5) is 20.6. The smallest absolute Gasteiger partial charge is 0.269 e. The second-order valence-corrected chi connectivity index (χ2v) is 6.62. The zero-order valence-corrected chi connectivity index (χ0v) is 13.9. The molecule has 1 amide bonds. The van der Waals surface area contributed by atoms with Crippen molar-refractivity contribution in [2.24, 2.45) is 5.73 Å². The molecule has 0 atom stereocenters. The lowest BCUT2D eigenvalue weighted by molar-refractivity contribution is 0.0992. The number of carbonyl (C=O) groups is 1. The number of hydrogen-bond acceptors (Lipinski definition) is 6. The highest BCUT2D eigenvalue weighted by Gasteiger charge is 2.27. The summed E-state index contributed by atoms with van der Waals surface area (Å²) in [6, 6.07) is 3.63. The number of benzene rings is 1. The largest absolute Gasteiger partial charge is 0.394 e. The molecule has 0 spiro atoms. The van der Waals surface area contributed by atoms with Crippen LogP contribution in [0.2, 0.25) is 0 Å². The van der Waals surface area contributed by atoms with E-state index in [2.05, 4.69) is 15.1 Å². The minimum Gasteiger partial charge on any atom is -0.394 e. The molecule has 0 saturated heterocycles. The maximum absolute atomic E-state index is 11.7. The highest BCUT2D eigenvalue weighted by molar-refractivity contribution is 7.98. The van der Waals surface area contributed by atoms with Gasteiger partial charge < -0.3 is 10.8 Å². The molecule has 3 aromatic rings. The Bertz CT molecular complexity index is 919. The maximum atomic E-state index is 11.7. The van der Waals surface area contributed by atoms with Crippen LogP contribution in [0.5, 0.6) is 0 Å². The zero-order chi connectivity index (χ0) is 16.8. The molecule has 2 aromatic heterocycles. The molecule has 1 aromatic carbocycles. The van der Waals surface area contributed by atoms with E-state index in [1.807, 2.05) is 26.2 Å². The van der Waals surface area contributed by atoms with Crippen molar-refractivity contribution in [3.8, 4) is 0 Å². The van der Waals surface area contributed by atoms with Crippen LogP contribution in [0.3, 0.4) is 0 Å². The normalized spacial score (nSPS) is 12.2. The molecule has 23 heavy (non-hydrogen) atoms. The standard InChI is InChI=1S/C15H17N5O2S/c1-15(2,7-21)20-12-9(11(19-20)13(16)22)5-4-8-6-17-14(23-3)18-10(8)12/h4-6,21H,7H2,1-3H3,(H2,16,22). The van der Waals surface area contributed by atoms with Crippen molar-refractivity contribution in [2.75, 3.05) is 12.9 Å². The van der Waals surface area contributed by atoms with E-state index < -0.39 is 11.4 Å². The molecule has 2 heterocycles. The molecule has 0 bridgehead atoms. The predicted octanol–water partition coefficient (Wildman–Crippen LogP) is 1.53. The van der Waals surface area contributed by atoms with Crippen LogP contribution >= 0.6 is 11.8 Å². The lowest BCUT2D eigenvalue weighted by atomic mass is 10.1. The average molecular weight is 331 g/mol. The first-order chi connectivity index (χ1) is 10.9. The minimum absolute atomic E-state index is 0.140. The number of carbonyl (C=O) groups excluding carboxylic acids is 1. The Kier molecular flexibility index (Phi) is 3.73. The van der Waals surface area contributed by atoms with Gasteiger partial charge >= 0.3 is 0 Å². The van der Waals surface area contributed by atoms with E-state index in [0.29, 0.717) is 21.6 Å². The van der Waals surface area contributed by atoms with Crippen molar-refractivity contribution in [3.05, 3.63) is 24.0 Å². The zero-order valence-electron chi connectivity index (χ0n) is 13.1. The van der Waals surface area contributed by atoms with Crippen LogP contribution in [-0.2, 0) is 5.54 Å². The Morgan fingerprint density at radius 1 is 1.43 bits per heavy atom. The summed E-state index contributed by atoms with van der Waals surface area (Å²) in [6.45, 7) is 3.53. The van der Waals surface area contributed by atoms with E-state index in [4.69, 9.17) is 5.73 Å². The summed E-state index contributed by atoms with van der Waals surface area (Å²) in [6.07, 6.45) is 3.63. The van der Waals surface area contributed by atoms with Crippen molar-refractivity contribution in [3.63, 3.8) is 0 Å². The van der Waals surface area contributed by atoms with Gasteiger partial charge in [-0.05, 0) is 26.2 Å². The van der Waals surface area contributed by atoms with Crippen LogP contribution in [0.15, 0.2) is 23.5 Å². The molecule has 0 fully saturated rings. The summed E-state index contributed by atoms with van der Waals surface area (Å²) in [5.74, 6) is -0.610. The monoisotopic (exact) mass is 331 g/mol. The third-order valence-electron chi connectivity index (χ3n) is 3.75. The third-order valence-corrected chi connectivity index (χ3v) is 4.31. The topological polar surface area (TPSA) is 107 Å². The number of nitrogens with two attached hydrogens (primary N) is 1. The van der Waals surface area contributed by atoms with Gasteiger partial charge in [0.25, 0.3) is 5.91 Å². The van der Waals surface area contributed by atoms with Crippen LogP contribution < -0.4 is 5.73 Å². The van der Waals surface area contributed by atoms with Gasteiger partial charge in [0.1, 0.15) is 5.52 Å². The van der Waals surface area contributed by atoms with Gasteiger partial charge in [-0.25, -0.2) is 9.97 Å². The number of primary amides is 1. The lowest BCUT2D eigenvalue weighted by Crippen LogP contribution is -2.32. The van der Waals surface area contributed by atoms with Crippen LogP contribution in [-0.4, -0.2) is 43.6 Å². The second-order valence-electron chi connectivity index (χ2n) is 5.85. The fourth-order valence-electron chi connectivity index (χ4n) is 2.46. The minimum atomic E-state index is -0.704. The van der Waals surface area contributed by atoms with Crippen molar-refractivity contribution >= 4 is 39.5 Å². The molecule has 0 unspecified atom stereocenters. The van der Waals surface area contributed by atoms with E-state index >= 15 is 0 Å². The number of aliphatic hydroxyl groups is 1. The number of fused-ring (bicyclic) bond motifs is 3. The highest BCUT2D eigenvalue weighted by atomic mass is 32.2. The van der Waals surface area contributed by atoms with E-state index in [-0.39, 0.29) is 12.3 Å². The van der Waals surface area contributed by atoms with Crippen molar-refractivity contribution in [2.45, 2.75) is 24.5 Å². The van der Waals surface area contributed by atoms with Gasteiger partial charge in [-0.15, -0.1) is 0 Å². The molecule has 0 aliphatic carbocycles. The predicted molar refractivity (Wildman–Crippen MR) is 89.5 cm³/mol. The van der Waals surface area contributed by atoms with E-state index in [1.54, 1.807) is 16.9 Å². The van der Waals surface area contributed by atoms with Gasteiger partial charge in [0, 0.05) is 17.0 Å². The fraction of sp³-hybridized carbons (Fsp3) is 0.333. The Morgan fingerprint density at radius 2 is 2.17 bits per heavy atom. The van der Waals surface area contributed by atoms with Gasteiger partial charge in [0.2, 0.25) is 0 Å². The SMILES string of the molecule is CSc1ncc2ccc3c(C(N)=O)nn(C(C)(C)CO)c3c2n1. The molecule has 3 rings (SSSR count). The molecule has 0 aliphatic heterocycles. The fourth-order valence-corrected chi connectivity index (χ4v) is 2.80.